The third-order valence-corrected chi connectivity index (χ3v) is 3.75. The van der Waals surface area contributed by atoms with Crippen LogP contribution in [0.2, 0.25) is 0 Å². The Kier molecular flexibility index (Phi) is 11.4. The lowest BCUT2D eigenvalue weighted by Crippen LogP contribution is -2.41. The first-order valence-electron chi connectivity index (χ1n) is 8.71. The van der Waals surface area contributed by atoms with Crippen molar-refractivity contribution in [3.05, 3.63) is 11.6 Å². The molecule has 150 valence electrons. The molecule has 0 spiro atoms. The SMILES string of the molecule is CC(=O)O.CC(=O)O.CCCn1nc(C)nc1[C@H]1CC[C@@H](N)[C@H](OC)C1. The highest BCUT2D eigenvalue weighted by atomic mass is 16.5. The molecule has 1 aromatic heterocycles. The molecule has 1 saturated carbocycles. The van der Waals surface area contributed by atoms with Crippen LogP contribution in [0.3, 0.4) is 0 Å². The minimum Gasteiger partial charge on any atom is -0.481 e. The van der Waals surface area contributed by atoms with Crippen molar-refractivity contribution in [3.8, 4) is 0 Å². The fraction of sp³-hybridized carbons (Fsp3) is 0.765. The van der Waals surface area contributed by atoms with Crippen molar-refractivity contribution < 1.29 is 24.5 Å². The first-order chi connectivity index (χ1) is 12.1. The van der Waals surface area contributed by atoms with Crippen molar-refractivity contribution in [1.82, 2.24) is 14.8 Å². The van der Waals surface area contributed by atoms with Gasteiger partial charge < -0.3 is 20.7 Å². The van der Waals surface area contributed by atoms with Crippen molar-refractivity contribution in [2.24, 2.45) is 5.73 Å². The lowest BCUT2D eigenvalue weighted by molar-refractivity contribution is -0.135. The van der Waals surface area contributed by atoms with Gasteiger partial charge in [0.25, 0.3) is 11.9 Å². The lowest BCUT2D eigenvalue weighted by Gasteiger charge is -2.32. The number of aliphatic carboxylic acids is 2. The first kappa shape index (κ1) is 24.0. The molecule has 0 radical (unpaired) electrons. The van der Waals surface area contributed by atoms with Gasteiger partial charge in [0.1, 0.15) is 11.6 Å². The Morgan fingerprint density at radius 2 is 1.81 bits per heavy atom. The molecule has 26 heavy (non-hydrogen) atoms. The Bertz CT molecular complexity index is 541. The molecule has 0 bridgehead atoms. The Morgan fingerprint density at radius 1 is 1.27 bits per heavy atom. The minimum atomic E-state index is -0.833. The minimum absolute atomic E-state index is 0.149. The fourth-order valence-corrected chi connectivity index (χ4v) is 2.81. The molecule has 1 fully saturated rings. The number of ether oxygens (including phenoxy) is 1. The van der Waals surface area contributed by atoms with E-state index in [4.69, 9.17) is 30.3 Å². The van der Waals surface area contributed by atoms with E-state index in [2.05, 4.69) is 21.7 Å². The Morgan fingerprint density at radius 3 is 2.27 bits per heavy atom. The second kappa shape index (κ2) is 12.4. The monoisotopic (exact) mass is 372 g/mol. The van der Waals surface area contributed by atoms with Gasteiger partial charge in [-0.15, -0.1) is 0 Å². The van der Waals surface area contributed by atoms with E-state index in [1.807, 2.05) is 6.92 Å². The van der Waals surface area contributed by atoms with Gasteiger partial charge in [-0.05, 0) is 32.6 Å². The molecule has 9 heteroatoms. The molecule has 4 N–H and O–H groups in total. The third-order valence-electron chi connectivity index (χ3n) is 3.75. The number of hydrogen-bond donors (Lipinski definition) is 3. The van der Waals surface area contributed by atoms with E-state index in [0.29, 0.717) is 5.92 Å². The summed E-state index contributed by atoms with van der Waals surface area (Å²) in [5.74, 6) is 0.744. The van der Waals surface area contributed by atoms with Crippen LogP contribution < -0.4 is 5.73 Å². The van der Waals surface area contributed by atoms with E-state index in [-0.39, 0.29) is 12.1 Å². The average molecular weight is 372 g/mol. The number of aryl methyl sites for hydroxylation is 2. The highest BCUT2D eigenvalue weighted by Gasteiger charge is 2.31. The van der Waals surface area contributed by atoms with E-state index in [9.17, 15) is 0 Å². The molecular weight excluding hydrogens is 340 g/mol. The number of aromatic nitrogens is 3. The van der Waals surface area contributed by atoms with E-state index >= 15 is 0 Å². The normalized spacial score (nSPS) is 21.7. The van der Waals surface area contributed by atoms with E-state index in [0.717, 1.165) is 57.7 Å². The van der Waals surface area contributed by atoms with Crippen LogP contribution in [-0.2, 0) is 20.9 Å². The molecule has 0 amide bonds. The topological polar surface area (TPSA) is 141 Å². The largest absolute Gasteiger partial charge is 0.481 e. The second-order valence-corrected chi connectivity index (χ2v) is 6.23. The van der Waals surface area contributed by atoms with Crippen LogP contribution in [0.4, 0.5) is 0 Å². The maximum absolute atomic E-state index is 9.00. The summed E-state index contributed by atoms with van der Waals surface area (Å²) in [5, 5.41) is 19.3. The van der Waals surface area contributed by atoms with Gasteiger partial charge in [-0.2, -0.15) is 5.10 Å². The number of rotatable bonds is 4. The van der Waals surface area contributed by atoms with Crippen LogP contribution in [0, 0.1) is 6.92 Å². The molecule has 0 unspecified atom stereocenters. The number of methoxy groups -OCH3 is 1. The van der Waals surface area contributed by atoms with Gasteiger partial charge in [0.2, 0.25) is 0 Å². The van der Waals surface area contributed by atoms with Crippen LogP contribution in [-0.4, -0.2) is 56.2 Å². The zero-order chi connectivity index (χ0) is 20.3. The predicted octanol–water partition coefficient (Wildman–Crippen LogP) is 1.79. The molecule has 1 aromatic rings. The van der Waals surface area contributed by atoms with E-state index in [1.54, 1.807) is 7.11 Å². The number of carbonyl (C=O) groups is 2. The van der Waals surface area contributed by atoms with Crippen LogP contribution in [0.15, 0.2) is 0 Å². The molecular formula is C17H32N4O5. The smallest absolute Gasteiger partial charge is 0.300 e. The van der Waals surface area contributed by atoms with Crippen molar-refractivity contribution >= 4 is 11.9 Å². The van der Waals surface area contributed by atoms with Crippen LogP contribution >= 0.6 is 0 Å². The first-order valence-corrected chi connectivity index (χ1v) is 8.71. The van der Waals surface area contributed by atoms with Gasteiger partial charge in [-0.1, -0.05) is 6.92 Å². The molecule has 9 nitrogen and oxygen atoms in total. The summed E-state index contributed by atoms with van der Waals surface area (Å²) in [6, 6.07) is 0.162. The van der Waals surface area contributed by atoms with Crippen molar-refractivity contribution in [3.63, 3.8) is 0 Å². The Labute approximate surface area is 154 Å². The fourth-order valence-electron chi connectivity index (χ4n) is 2.81. The van der Waals surface area contributed by atoms with Gasteiger partial charge in [0, 0.05) is 39.5 Å². The summed E-state index contributed by atoms with van der Waals surface area (Å²) in [5.41, 5.74) is 6.06. The van der Waals surface area contributed by atoms with Crippen LogP contribution in [0.5, 0.6) is 0 Å². The maximum Gasteiger partial charge on any atom is 0.300 e. The summed E-state index contributed by atoms with van der Waals surface area (Å²) in [4.78, 5) is 22.6. The molecule has 0 saturated heterocycles. The highest BCUT2D eigenvalue weighted by molar-refractivity contribution is 5.63. The molecule has 0 aromatic carbocycles. The summed E-state index contributed by atoms with van der Waals surface area (Å²) in [6.45, 7) is 7.23. The van der Waals surface area contributed by atoms with Gasteiger partial charge in [-0.3, -0.25) is 9.59 Å². The summed E-state index contributed by atoms with van der Waals surface area (Å²) >= 11 is 0. The molecule has 3 atom stereocenters. The van der Waals surface area contributed by atoms with Crippen molar-refractivity contribution in [1.29, 1.82) is 0 Å². The number of nitrogens with two attached hydrogens (primary N) is 1. The summed E-state index contributed by atoms with van der Waals surface area (Å²) in [6.07, 6.45) is 4.27. The molecule has 1 aliphatic carbocycles. The summed E-state index contributed by atoms with van der Waals surface area (Å²) < 4.78 is 7.54. The van der Waals surface area contributed by atoms with Crippen LogP contribution in [0.25, 0.3) is 0 Å². The predicted molar refractivity (Wildman–Crippen MR) is 97.0 cm³/mol. The van der Waals surface area contributed by atoms with Crippen LogP contribution in [0.1, 0.15) is 64.0 Å². The Hall–Kier alpha value is -2.00. The standard InChI is InChI=1S/C13H24N4O.2C2H4O2/c1-4-7-17-13(15-9(2)16-17)10-5-6-11(14)12(8-10)18-3;2*1-2(3)4/h10-12H,4-8,14H2,1-3H3;2*1H3,(H,3,4)/t10-,11+,12+;;/m0../s1. The summed E-state index contributed by atoms with van der Waals surface area (Å²) in [7, 11) is 1.74. The zero-order valence-electron chi connectivity index (χ0n) is 16.3. The van der Waals surface area contributed by atoms with Crippen molar-refractivity contribution in [2.75, 3.05) is 7.11 Å². The number of hydrogen-bond acceptors (Lipinski definition) is 6. The Balaban J connectivity index is 0.000000662. The van der Waals surface area contributed by atoms with Gasteiger partial charge in [0.15, 0.2) is 0 Å². The van der Waals surface area contributed by atoms with Gasteiger partial charge in [-0.25, -0.2) is 9.67 Å². The third kappa shape index (κ3) is 9.47. The molecule has 2 rings (SSSR count). The highest BCUT2D eigenvalue weighted by Crippen LogP contribution is 2.32. The number of carboxylic acid groups (broad SMARTS) is 2. The lowest BCUT2D eigenvalue weighted by atomic mass is 9.83. The van der Waals surface area contributed by atoms with E-state index in [1.165, 1.54) is 0 Å². The molecule has 1 aliphatic rings. The molecule has 0 aliphatic heterocycles. The quantitative estimate of drug-likeness (QED) is 0.726. The maximum atomic E-state index is 9.00. The van der Waals surface area contributed by atoms with Gasteiger partial charge in [0.05, 0.1) is 6.10 Å². The average Bonchev–Trinajstić information content (AvgIpc) is 2.88. The number of carboxylic acids is 2. The van der Waals surface area contributed by atoms with Gasteiger partial charge >= 0.3 is 0 Å². The number of nitrogens with zero attached hydrogens (tertiary/aromatic N) is 3. The van der Waals surface area contributed by atoms with Crippen molar-refractivity contribution in [2.45, 2.75) is 78.0 Å². The molecule has 1 heterocycles. The van der Waals surface area contributed by atoms with E-state index < -0.39 is 11.9 Å². The zero-order valence-corrected chi connectivity index (χ0v) is 16.3. The second-order valence-electron chi connectivity index (χ2n) is 6.23.